The zero-order valence-electron chi connectivity index (χ0n) is 13.4. The normalized spacial score (nSPS) is 21.6. The third-order valence-electron chi connectivity index (χ3n) is 4.44. The van der Waals surface area contributed by atoms with Gasteiger partial charge in [0.15, 0.2) is 0 Å². The Hall–Kier alpha value is -1.85. The summed E-state index contributed by atoms with van der Waals surface area (Å²) in [5.41, 5.74) is 0.789. The Bertz CT molecular complexity index is 560. The predicted octanol–water partition coefficient (Wildman–Crippen LogP) is 1.39. The molecule has 1 saturated heterocycles. The van der Waals surface area contributed by atoms with E-state index in [-0.39, 0.29) is 11.8 Å². The predicted molar refractivity (Wildman–Crippen MR) is 81.0 cm³/mol. The van der Waals surface area contributed by atoms with Crippen LogP contribution < -0.4 is 10.2 Å². The van der Waals surface area contributed by atoms with Gasteiger partial charge in [0, 0.05) is 13.2 Å². The largest absolute Gasteiger partial charge is 0.340 e. The fraction of sp³-hybridized carbons (Fsp3) is 0.667. The van der Waals surface area contributed by atoms with Gasteiger partial charge in [-0.3, -0.25) is 19.2 Å². The summed E-state index contributed by atoms with van der Waals surface area (Å²) in [6.45, 7) is 7.62. The van der Waals surface area contributed by atoms with E-state index in [0.29, 0.717) is 12.8 Å². The Balaban J connectivity index is 2.53. The SMILES string of the molecule is CCc1nn(C)cc1N1C(=O)C(CC)(CC)NC(=O)C1C. The van der Waals surface area contributed by atoms with Crippen LogP contribution in [0.4, 0.5) is 5.69 Å². The maximum Gasteiger partial charge on any atom is 0.253 e. The van der Waals surface area contributed by atoms with E-state index in [1.54, 1.807) is 16.5 Å². The number of aryl methyl sites for hydroxylation is 2. The van der Waals surface area contributed by atoms with Crippen molar-refractivity contribution in [2.45, 2.75) is 58.5 Å². The first-order valence-electron chi connectivity index (χ1n) is 7.58. The van der Waals surface area contributed by atoms with Gasteiger partial charge in [0.25, 0.3) is 5.91 Å². The summed E-state index contributed by atoms with van der Waals surface area (Å²) in [7, 11) is 1.83. The van der Waals surface area contributed by atoms with Crippen molar-refractivity contribution in [3.8, 4) is 0 Å². The van der Waals surface area contributed by atoms with Crippen LogP contribution in [0.25, 0.3) is 0 Å². The molecular weight excluding hydrogens is 268 g/mol. The van der Waals surface area contributed by atoms with Crippen molar-refractivity contribution in [1.29, 1.82) is 0 Å². The smallest absolute Gasteiger partial charge is 0.253 e. The summed E-state index contributed by atoms with van der Waals surface area (Å²) in [5.74, 6) is -0.147. The summed E-state index contributed by atoms with van der Waals surface area (Å²) < 4.78 is 1.69. The summed E-state index contributed by atoms with van der Waals surface area (Å²) in [6.07, 6.45) is 3.71. The van der Waals surface area contributed by atoms with E-state index in [1.165, 1.54) is 0 Å². The van der Waals surface area contributed by atoms with E-state index < -0.39 is 11.6 Å². The number of carbonyl (C=O) groups excluding carboxylic acids is 2. The second-order valence-electron chi connectivity index (χ2n) is 5.62. The molecule has 1 aliphatic heterocycles. The minimum atomic E-state index is -0.801. The Kier molecular flexibility index (Phi) is 4.07. The van der Waals surface area contributed by atoms with Crippen molar-refractivity contribution >= 4 is 17.5 Å². The summed E-state index contributed by atoms with van der Waals surface area (Å²) in [6, 6.07) is -0.516. The lowest BCUT2D eigenvalue weighted by Crippen LogP contribution is -2.69. The van der Waals surface area contributed by atoms with E-state index in [0.717, 1.165) is 17.8 Å². The van der Waals surface area contributed by atoms with Crippen LogP contribution in [0.5, 0.6) is 0 Å². The van der Waals surface area contributed by atoms with Crippen molar-refractivity contribution in [3.63, 3.8) is 0 Å². The molecule has 2 amide bonds. The molecule has 0 aromatic carbocycles. The first kappa shape index (κ1) is 15.5. The highest BCUT2D eigenvalue weighted by molar-refractivity contribution is 6.10. The molecule has 1 atom stereocenters. The highest BCUT2D eigenvalue weighted by atomic mass is 16.2. The van der Waals surface area contributed by atoms with Crippen LogP contribution in [0.2, 0.25) is 0 Å². The highest BCUT2D eigenvalue weighted by Gasteiger charge is 2.48. The molecule has 2 rings (SSSR count). The zero-order chi connectivity index (χ0) is 15.8. The number of anilines is 1. The van der Waals surface area contributed by atoms with Crippen LogP contribution in [0.1, 0.15) is 46.2 Å². The number of hydrogen-bond donors (Lipinski definition) is 1. The summed E-state index contributed by atoms with van der Waals surface area (Å²) in [4.78, 5) is 27.0. The van der Waals surface area contributed by atoms with Gasteiger partial charge in [0.1, 0.15) is 11.6 Å². The number of aromatic nitrogens is 2. The third-order valence-corrected chi connectivity index (χ3v) is 4.44. The highest BCUT2D eigenvalue weighted by Crippen LogP contribution is 2.31. The van der Waals surface area contributed by atoms with Gasteiger partial charge in [-0.25, -0.2) is 0 Å². The zero-order valence-corrected chi connectivity index (χ0v) is 13.4. The van der Waals surface area contributed by atoms with Gasteiger partial charge in [0.2, 0.25) is 5.91 Å². The van der Waals surface area contributed by atoms with Crippen LogP contribution in [0.15, 0.2) is 6.20 Å². The molecule has 0 saturated carbocycles. The molecule has 0 bridgehead atoms. The van der Waals surface area contributed by atoms with Crippen molar-refractivity contribution in [2.75, 3.05) is 4.90 Å². The lowest BCUT2D eigenvalue weighted by Gasteiger charge is -2.44. The Labute approximate surface area is 125 Å². The number of hydrogen-bond acceptors (Lipinski definition) is 3. The van der Waals surface area contributed by atoms with E-state index in [1.807, 2.05) is 34.0 Å². The Morgan fingerprint density at radius 2 is 1.90 bits per heavy atom. The molecule has 21 heavy (non-hydrogen) atoms. The van der Waals surface area contributed by atoms with Gasteiger partial charge in [0.05, 0.1) is 11.4 Å². The second kappa shape index (κ2) is 5.50. The first-order chi connectivity index (χ1) is 9.90. The van der Waals surface area contributed by atoms with E-state index in [4.69, 9.17) is 0 Å². The molecule has 6 nitrogen and oxygen atoms in total. The molecule has 116 valence electrons. The lowest BCUT2D eigenvalue weighted by molar-refractivity contribution is -0.138. The topological polar surface area (TPSA) is 67.2 Å². The minimum Gasteiger partial charge on any atom is -0.340 e. The summed E-state index contributed by atoms with van der Waals surface area (Å²) >= 11 is 0. The molecule has 0 aliphatic carbocycles. The monoisotopic (exact) mass is 292 g/mol. The van der Waals surface area contributed by atoms with Gasteiger partial charge >= 0.3 is 0 Å². The third kappa shape index (κ3) is 2.32. The van der Waals surface area contributed by atoms with Gasteiger partial charge in [-0.2, -0.15) is 5.10 Å². The van der Waals surface area contributed by atoms with Gasteiger partial charge in [-0.15, -0.1) is 0 Å². The molecular formula is C15H24N4O2. The van der Waals surface area contributed by atoms with Crippen LogP contribution in [-0.4, -0.2) is 33.2 Å². The van der Waals surface area contributed by atoms with Crippen LogP contribution in [0.3, 0.4) is 0 Å². The number of carbonyl (C=O) groups is 2. The van der Waals surface area contributed by atoms with E-state index in [9.17, 15) is 9.59 Å². The quantitative estimate of drug-likeness (QED) is 0.912. The minimum absolute atomic E-state index is 0.0395. The van der Waals surface area contributed by atoms with Gasteiger partial charge in [-0.1, -0.05) is 20.8 Å². The molecule has 1 aliphatic rings. The van der Waals surface area contributed by atoms with Crippen LogP contribution >= 0.6 is 0 Å². The number of piperazine rings is 1. The second-order valence-corrected chi connectivity index (χ2v) is 5.62. The van der Waals surface area contributed by atoms with Crippen molar-refractivity contribution < 1.29 is 9.59 Å². The number of amides is 2. The standard InChI is InChI=1S/C15H24N4O2/c1-6-11-12(9-18(5)17-11)19-10(4)13(20)16-15(7-2,8-3)14(19)21/h9-10H,6-8H2,1-5H3,(H,16,20). The average Bonchev–Trinajstić information content (AvgIpc) is 2.84. The molecule has 2 heterocycles. The fourth-order valence-electron chi connectivity index (χ4n) is 2.94. The molecule has 1 N–H and O–H groups in total. The van der Waals surface area contributed by atoms with Gasteiger partial charge in [-0.05, 0) is 26.2 Å². The fourth-order valence-corrected chi connectivity index (χ4v) is 2.94. The molecule has 1 fully saturated rings. The molecule has 0 radical (unpaired) electrons. The van der Waals surface area contributed by atoms with Crippen molar-refractivity contribution in [1.82, 2.24) is 15.1 Å². The van der Waals surface area contributed by atoms with Crippen molar-refractivity contribution in [3.05, 3.63) is 11.9 Å². The van der Waals surface area contributed by atoms with E-state index in [2.05, 4.69) is 10.4 Å². The molecule has 1 unspecified atom stereocenters. The van der Waals surface area contributed by atoms with Crippen LogP contribution in [-0.2, 0) is 23.1 Å². The average molecular weight is 292 g/mol. The Morgan fingerprint density at radius 1 is 1.29 bits per heavy atom. The molecule has 1 aromatic heterocycles. The van der Waals surface area contributed by atoms with Crippen LogP contribution in [0, 0.1) is 0 Å². The molecule has 0 spiro atoms. The number of nitrogens with zero attached hydrogens (tertiary/aromatic N) is 3. The van der Waals surface area contributed by atoms with Crippen molar-refractivity contribution in [2.24, 2.45) is 7.05 Å². The number of rotatable bonds is 4. The maximum absolute atomic E-state index is 13.0. The lowest BCUT2D eigenvalue weighted by atomic mass is 9.87. The van der Waals surface area contributed by atoms with E-state index >= 15 is 0 Å². The Morgan fingerprint density at radius 3 is 2.43 bits per heavy atom. The first-order valence-corrected chi connectivity index (χ1v) is 7.58. The molecule has 6 heteroatoms. The summed E-state index contributed by atoms with van der Waals surface area (Å²) in [5, 5.41) is 7.30. The molecule has 1 aromatic rings. The maximum atomic E-state index is 13.0. The van der Waals surface area contributed by atoms with Gasteiger partial charge < -0.3 is 5.32 Å². The number of nitrogens with one attached hydrogen (secondary N) is 1.